The lowest BCUT2D eigenvalue weighted by molar-refractivity contribution is -0.141. The Morgan fingerprint density at radius 1 is 1.11 bits per heavy atom. The van der Waals surface area contributed by atoms with Crippen LogP contribution in [-0.4, -0.2) is 31.1 Å². The molecule has 0 saturated heterocycles. The average Bonchev–Trinajstić information content (AvgIpc) is 3.15. The van der Waals surface area contributed by atoms with Crippen molar-refractivity contribution in [2.24, 2.45) is 5.92 Å². The van der Waals surface area contributed by atoms with Gasteiger partial charge < -0.3 is 5.32 Å². The van der Waals surface area contributed by atoms with Crippen LogP contribution in [0, 0.1) is 12.8 Å². The number of hydrogen-bond acceptors (Lipinski definition) is 4. The van der Waals surface area contributed by atoms with Crippen molar-refractivity contribution in [2.45, 2.75) is 51.4 Å². The van der Waals surface area contributed by atoms with Gasteiger partial charge in [0.05, 0.1) is 27.3 Å². The zero-order valence-corrected chi connectivity index (χ0v) is 21.3. The Bertz CT molecular complexity index is 1550. The van der Waals surface area contributed by atoms with Crippen LogP contribution >= 0.6 is 11.6 Å². The van der Waals surface area contributed by atoms with Gasteiger partial charge in [0.15, 0.2) is 5.69 Å². The van der Waals surface area contributed by atoms with Crippen LogP contribution in [0.15, 0.2) is 59.8 Å². The maximum Gasteiger partial charge on any atom is 0.434 e. The number of aromatic nitrogens is 4. The number of carbonyl (C=O) groups is 1. The summed E-state index contributed by atoms with van der Waals surface area (Å²) >= 11 is 5.81. The van der Waals surface area contributed by atoms with Gasteiger partial charge in [-0.25, -0.2) is 9.78 Å². The molecule has 0 bridgehead atoms. The SMILES string of the molecule is Cc1cnccc1-n1c(=O)n(CC2CCC(NC(=O)c3cc(Cl)cnc3C(F)(F)F)CC2)c2ccccc21. The van der Waals surface area contributed by atoms with Gasteiger partial charge in [-0.2, -0.15) is 13.2 Å². The fourth-order valence-electron chi connectivity index (χ4n) is 5.18. The molecule has 198 valence electrons. The molecule has 7 nitrogen and oxygen atoms in total. The van der Waals surface area contributed by atoms with Gasteiger partial charge in [0.2, 0.25) is 0 Å². The Morgan fingerprint density at radius 3 is 2.50 bits per heavy atom. The predicted octanol–water partition coefficient (Wildman–Crippen LogP) is 5.55. The van der Waals surface area contributed by atoms with E-state index >= 15 is 0 Å². The zero-order chi connectivity index (χ0) is 27.0. The first-order valence-corrected chi connectivity index (χ1v) is 12.7. The minimum absolute atomic E-state index is 0.0431. The van der Waals surface area contributed by atoms with Gasteiger partial charge >= 0.3 is 11.9 Å². The highest BCUT2D eigenvalue weighted by molar-refractivity contribution is 6.30. The van der Waals surface area contributed by atoms with E-state index in [0.717, 1.165) is 34.5 Å². The van der Waals surface area contributed by atoms with Crippen molar-refractivity contribution in [3.05, 3.63) is 87.3 Å². The van der Waals surface area contributed by atoms with Gasteiger partial charge in [-0.3, -0.25) is 18.9 Å². The van der Waals surface area contributed by atoms with Crippen molar-refractivity contribution >= 4 is 28.5 Å². The highest BCUT2D eigenvalue weighted by Crippen LogP contribution is 2.32. The molecule has 0 spiro atoms. The maximum absolute atomic E-state index is 13.6. The lowest BCUT2D eigenvalue weighted by atomic mass is 9.85. The van der Waals surface area contributed by atoms with E-state index in [2.05, 4.69) is 15.3 Å². The highest BCUT2D eigenvalue weighted by Gasteiger charge is 2.38. The Labute approximate surface area is 221 Å². The molecule has 5 rings (SSSR count). The summed E-state index contributed by atoms with van der Waals surface area (Å²) in [6, 6.07) is 10.2. The number of aryl methyl sites for hydroxylation is 1. The largest absolute Gasteiger partial charge is 0.434 e. The second-order valence-corrected chi connectivity index (χ2v) is 10.1. The fraction of sp³-hybridized carbons (Fsp3) is 0.333. The Kier molecular flexibility index (Phi) is 7.00. The number of para-hydroxylation sites is 2. The molecule has 1 saturated carbocycles. The molecule has 1 N–H and O–H groups in total. The van der Waals surface area contributed by atoms with E-state index in [4.69, 9.17) is 11.6 Å². The zero-order valence-electron chi connectivity index (χ0n) is 20.5. The van der Waals surface area contributed by atoms with Crippen molar-refractivity contribution < 1.29 is 18.0 Å². The average molecular weight is 544 g/mol. The van der Waals surface area contributed by atoms with Crippen molar-refractivity contribution in [2.75, 3.05) is 0 Å². The number of halogens is 4. The second kappa shape index (κ2) is 10.2. The van der Waals surface area contributed by atoms with Crippen LogP contribution < -0.4 is 11.0 Å². The quantitative estimate of drug-likeness (QED) is 0.358. The Balaban J connectivity index is 1.31. The third-order valence-electron chi connectivity index (χ3n) is 7.06. The van der Waals surface area contributed by atoms with Gasteiger partial charge in [0, 0.05) is 31.2 Å². The summed E-state index contributed by atoms with van der Waals surface area (Å²) in [5, 5.41) is 2.67. The Hall–Kier alpha value is -3.66. The first-order chi connectivity index (χ1) is 18.1. The molecule has 0 aliphatic heterocycles. The Morgan fingerprint density at radius 2 is 1.82 bits per heavy atom. The summed E-state index contributed by atoms with van der Waals surface area (Å²) in [4.78, 5) is 33.7. The summed E-state index contributed by atoms with van der Waals surface area (Å²) in [7, 11) is 0. The van der Waals surface area contributed by atoms with E-state index in [-0.39, 0.29) is 22.7 Å². The van der Waals surface area contributed by atoms with Gasteiger partial charge in [-0.1, -0.05) is 23.7 Å². The molecular weight excluding hydrogens is 519 g/mol. The topological polar surface area (TPSA) is 81.8 Å². The molecule has 1 aliphatic carbocycles. The van der Waals surface area contributed by atoms with E-state index in [1.54, 1.807) is 21.5 Å². The molecule has 0 unspecified atom stereocenters. The monoisotopic (exact) mass is 543 g/mol. The lowest BCUT2D eigenvalue weighted by Gasteiger charge is -2.29. The number of rotatable bonds is 5. The van der Waals surface area contributed by atoms with Crippen LogP contribution in [0.4, 0.5) is 13.2 Å². The van der Waals surface area contributed by atoms with Crippen LogP contribution in [0.2, 0.25) is 5.02 Å². The van der Waals surface area contributed by atoms with Crippen molar-refractivity contribution in [1.29, 1.82) is 0 Å². The maximum atomic E-state index is 13.6. The normalized spacial score (nSPS) is 18.0. The number of nitrogens with one attached hydrogen (secondary N) is 1. The van der Waals surface area contributed by atoms with Gasteiger partial charge in [-0.05, 0) is 68.4 Å². The van der Waals surface area contributed by atoms with Crippen molar-refractivity contribution in [3.8, 4) is 5.69 Å². The molecule has 38 heavy (non-hydrogen) atoms. The summed E-state index contributed by atoms with van der Waals surface area (Å²) < 4.78 is 43.5. The molecule has 3 heterocycles. The van der Waals surface area contributed by atoms with Crippen LogP contribution in [-0.2, 0) is 12.7 Å². The molecule has 0 atom stereocenters. The van der Waals surface area contributed by atoms with E-state index in [9.17, 15) is 22.8 Å². The number of benzene rings is 1. The van der Waals surface area contributed by atoms with Crippen molar-refractivity contribution in [1.82, 2.24) is 24.4 Å². The predicted molar refractivity (Wildman–Crippen MR) is 138 cm³/mol. The summed E-state index contributed by atoms with van der Waals surface area (Å²) in [5.74, 6) is -0.667. The van der Waals surface area contributed by atoms with E-state index < -0.39 is 23.3 Å². The van der Waals surface area contributed by atoms with Crippen LogP contribution in [0.5, 0.6) is 0 Å². The third kappa shape index (κ3) is 5.05. The van der Waals surface area contributed by atoms with Crippen molar-refractivity contribution in [3.63, 3.8) is 0 Å². The third-order valence-corrected chi connectivity index (χ3v) is 7.26. The number of pyridine rings is 2. The highest BCUT2D eigenvalue weighted by atomic mass is 35.5. The van der Waals surface area contributed by atoms with Gasteiger partial charge in [0.1, 0.15) is 0 Å². The fourth-order valence-corrected chi connectivity index (χ4v) is 5.34. The number of alkyl halides is 3. The van der Waals surface area contributed by atoms with Crippen LogP contribution in [0.25, 0.3) is 16.7 Å². The molecule has 1 fully saturated rings. The molecule has 1 aliphatic rings. The molecule has 3 aromatic heterocycles. The molecule has 1 amide bonds. The number of hydrogen-bond donors (Lipinski definition) is 1. The molecule has 4 aromatic rings. The minimum atomic E-state index is -4.77. The molecule has 11 heteroatoms. The van der Waals surface area contributed by atoms with Crippen LogP contribution in [0.3, 0.4) is 0 Å². The lowest BCUT2D eigenvalue weighted by Crippen LogP contribution is -2.39. The second-order valence-electron chi connectivity index (χ2n) is 9.62. The number of imidazole rings is 1. The van der Waals surface area contributed by atoms with E-state index in [1.807, 2.05) is 37.3 Å². The molecule has 1 aromatic carbocycles. The number of carbonyl (C=O) groups excluding carboxylic acids is 1. The van der Waals surface area contributed by atoms with Gasteiger partial charge in [0.25, 0.3) is 5.91 Å². The van der Waals surface area contributed by atoms with E-state index in [1.165, 1.54) is 0 Å². The summed E-state index contributed by atoms with van der Waals surface area (Å²) in [6.07, 6.45) is 2.09. The summed E-state index contributed by atoms with van der Waals surface area (Å²) in [6.45, 7) is 2.42. The van der Waals surface area contributed by atoms with Crippen LogP contribution in [0.1, 0.15) is 47.3 Å². The number of amides is 1. The minimum Gasteiger partial charge on any atom is -0.349 e. The number of nitrogens with zero attached hydrogens (tertiary/aromatic N) is 4. The number of fused-ring (bicyclic) bond motifs is 1. The first kappa shape index (κ1) is 26.0. The van der Waals surface area contributed by atoms with Gasteiger partial charge in [-0.15, -0.1) is 0 Å². The first-order valence-electron chi connectivity index (χ1n) is 12.3. The molecule has 0 radical (unpaired) electrons. The smallest absolute Gasteiger partial charge is 0.349 e. The van der Waals surface area contributed by atoms with E-state index in [0.29, 0.717) is 32.2 Å². The standard InChI is InChI=1S/C27H25ClF3N5O2/c1-16-13-32-11-10-21(16)36-23-5-3-2-4-22(23)35(26(36)38)15-17-6-8-19(9-7-17)34-25(37)20-12-18(28)14-33-24(20)27(29,30)31/h2-5,10-14,17,19H,6-9,15H2,1H3,(H,34,37). The molecular formula is C27H25ClF3N5O2. The summed E-state index contributed by atoms with van der Waals surface area (Å²) in [5.41, 5.74) is 1.33.